The minimum absolute atomic E-state index is 0.275. The van der Waals surface area contributed by atoms with E-state index >= 15 is 0 Å². The third-order valence-electron chi connectivity index (χ3n) is 1.92. The summed E-state index contributed by atoms with van der Waals surface area (Å²) in [6, 6.07) is 5.44. The Balaban J connectivity index is 2.41. The molecular weight excluding hydrogens is 230 g/mol. The number of aromatic hydroxyl groups is 1. The van der Waals surface area contributed by atoms with E-state index in [-0.39, 0.29) is 5.75 Å². The van der Waals surface area contributed by atoms with Gasteiger partial charge in [-0.3, -0.25) is 4.99 Å². The molecule has 66 valence electrons. The molecule has 3 heteroatoms. The van der Waals surface area contributed by atoms with E-state index < -0.39 is 0 Å². The molecule has 13 heavy (non-hydrogen) atoms. The summed E-state index contributed by atoms with van der Waals surface area (Å²) < 4.78 is 0.875. The molecule has 0 unspecified atom stereocenters. The number of allylic oxidation sites excluding steroid dienone is 1. The zero-order valence-electron chi connectivity index (χ0n) is 6.87. The quantitative estimate of drug-likeness (QED) is 0.801. The molecule has 0 aromatic heterocycles. The van der Waals surface area contributed by atoms with Crippen LogP contribution in [0.3, 0.4) is 0 Å². The zero-order valence-corrected chi connectivity index (χ0v) is 8.45. The maximum Gasteiger partial charge on any atom is 0.125 e. The van der Waals surface area contributed by atoms with Gasteiger partial charge in [-0.15, -0.1) is 0 Å². The lowest BCUT2D eigenvalue weighted by atomic mass is 10.1. The highest BCUT2D eigenvalue weighted by molar-refractivity contribution is 9.10. The number of nitrogens with zero attached hydrogens (tertiary/aromatic N) is 1. The minimum atomic E-state index is 0.275. The first-order chi connectivity index (χ1) is 6.27. The van der Waals surface area contributed by atoms with Crippen molar-refractivity contribution < 1.29 is 5.11 Å². The van der Waals surface area contributed by atoms with E-state index in [1.807, 2.05) is 18.2 Å². The Labute approximate surface area is 84.8 Å². The molecule has 0 bridgehead atoms. The minimum Gasteiger partial charge on any atom is -0.507 e. The van der Waals surface area contributed by atoms with E-state index in [9.17, 15) is 5.11 Å². The maximum absolute atomic E-state index is 9.61. The Hall–Kier alpha value is -1.09. The van der Waals surface area contributed by atoms with Crippen LogP contribution in [0.2, 0.25) is 0 Å². The summed E-state index contributed by atoms with van der Waals surface area (Å²) in [5.74, 6) is 0.275. The van der Waals surface area contributed by atoms with Gasteiger partial charge < -0.3 is 5.11 Å². The fraction of sp³-hybridized carbons (Fsp3) is 0.100. The first-order valence-corrected chi connectivity index (χ1v) is 4.77. The van der Waals surface area contributed by atoms with Gasteiger partial charge in [-0.2, -0.15) is 0 Å². The molecule has 0 saturated heterocycles. The van der Waals surface area contributed by atoms with E-state index in [1.54, 1.807) is 12.3 Å². The number of rotatable bonds is 1. The van der Waals surface area contributed by atoms with Crippen molar-refractivity contribution in [2.45, 2.75) is 6.42 Å². The highest BCUT2D eigenvalue weighted by Gasteiger charge is 2.09. The number of hydrogen-bond donors (Lipinski definition) is 1. The summed E-state index contributed by atoms with van der Waals surface area (Å²) in [6.45, 7) is 0. The number of phenols is 1. The fourth-order valence-corrected chi connectivity index (χ4v) is 1.64. The topological polar surface area (TPSA) is 32.6 Å². The van der Waals surface area contributed by atoms with E-state index in [2.05, 4.69) is 20.9 Å². The molecule has 0 fully saturated rings. The highest BCUT2D eigenvalue weighted by Crippen LogP contribution is 2.25. The Morgan fingerprint density at radius 3 is 2.85 bits per heavy atom. The van der Waals surface area contributed by atoms with Crippen LogP contribution in [0.4, 0.5) is 0 Å². The zero-order chi connectivity index (χ0) is 9.26. The SMILES string of the molecule is Oc1cc(Br)ccc1C1=NC=CC1. The number of benzene rings is 1. The van der Waals surface area contributed by atoms with Crippen molar-refractivity contribution in [2.24, 2.45) is 4.99 Å². The van der Waals surface area contributed by atoms with Gasteiger partial charge in [0.25, 0.3) is 0 Å². The lowest BCUT2D eigenvalue weighted by Crippen LogP contribution is -1.96. The predicted octanol–water partition coefficient (Wildman–Crippen LogP) is 2.86. The van der Waals surface area contributed by atoms with Crippen molar-refractivity contribution in [1.82, 2.24) is 0 Å². The van der Waals surface area contributed by atoms with Crippen LogP contribution in [-0.4, -0.2) is 10.8 Å². The molecule has 1 aromatic rings. The Kier molecular flexibility index (Phi) is 2.19. The number of phenolic OH excluding ortho intramolecular Hbond substituents is 1. The second-order valence-corrected chi connectivity index (χ2v) is 3.74. The van der Waals surface area contributed by atoms with Crippen molar-refractivity contribution in [3.8, 4) is 5.75 Å². The predicted molar refractivity (Wildman–Crippen MR) is 56.1 cm³/mol. The number of halogens is 1. The van der Waals surface area contributed by atoms with Crippen molar-refractivity contribution in [2.75, 3.05) is 0 Å². The maximum atomic E-state index is 9.61. The van der Waals surface area contributed by atoms with E-state index in [0.29, 0.717) is 0 Å². The van der Waals surface area contributed by atoms with Gasteiger partial charge in [0.2, 0.25) is 0 Å². The monoisotopic (exact) mass is 237 g/mol. The third-order valence-corrected chi connectivity index (χ3v) is 2.41. The van der Waals surface area contributed by atoms with Gasteiger partial charge >= 0.3 is 0 Å². The summed E-state index contributed by atoms with van der Waals surface area (Å²) in [5.41, 5.74) is 1.73. The second kappa shape index (κ2) is 3.34. The molecule has 0 aliphatic carbocycles. The largest absolute Gasteiger partial charge is 0.507 e. The molecule has 2 nitrogen and oxygen atoms in total. The summed E-state index contributed by atoms with van der Waals surface area (Å²) in [4.78, 5) is 4.16. The molecule has 0 saturated carbocycles. The molecule has 1 N–H and O–H groups in total. The first-order valence-electron chi connectivity index (χ1n) is 3.98. The van der Waals surface area contributed by atoms with Crippen LogP contribution in [0.1, 0.15) is 12.0 Å². The van der Waals surface area contributed by atoms with Crippen molar-refractivity contribution in [1.29, 1.82) is 0 Å². The number of hydrogen-bond acceptors (Lipinski definition) is 2. The van der Waals surface area contributed by atoms with E-state index in [1.165, 1.54) is 0 Å². The Bertz CT molecular complexity index is 396. The van der Waals surface area contributed by atoms with Crippen LogP contribution in [0, 0.1) is 0 Å². The molecule has 0 amide bonds. The van der Waals surface area contributed by atoms with Gasteiger partial charge in [0.15, 0.2) is 0 Å². The smallest absolute Gasteiger partial charge is 0.125 e. The standard InChI is InChI=1S/C10H8BrNO/c11-7-3-4-8(10(13)6-7)9-2-1-5-12-9/h1,3-6,13H,2H2. The number of aliphatic imine (C=N–C) groups is 1. The average Bonchev–Trinajstić information content (AvgIpc) is 2.56. The van der Waals surface area contributed by atoms with Gasteiger partial charge in [-0.05, 0) is 18.2 Å². The van der Waals surface area contributed by atoms with Crippen LogP contribution in [0.25, 0.3) is 0 Å². The van der Waals surface area contributed by atoms with Gasteiger partial charge in [0.05, 0.1) is 5.71 Å². The highest BCUT2D eigenvalue weighted by atomic mass is 79.9. The molecule has 1 aliphatic rings. The van der Waals surface area contributed by atoms with Gasteiger partial charge in [0, 0.05) is 22.7 Å². The van der Waals surface area contributed by atoms with Crippen molar-refractivity contribution >= 4 is 21.6 Å². The second-order valence-electron chi connectivity index (χ2n) is 2.83. The molecule has 1 aliphatic heterocycles. The van der Waals surface area contributed by atoms with Crippen LogP contribution in [0.5, 0.6) is 5.75 Å². The van der Waals surface area contributed by atoms with Gasteiger partial charge in [-0.1, -0.05) is 22.0 Å². The Morgan fingerprint density at radius 2 is 2.23 bits per heavy atom. The normalized spacial score (nSPS) is 14.7. The molecular formula is C10H8BrNO. The molecule has 0 atom stereocenters. The summed E-state index contributed by atoms with van der Waals surface area (Å²) >= 11 is 3.29. The lowest BCUT2D eigenvalue weighted by molar-refractivity contribution is 0.473. The van der Waals surface area contributed by atoms with Gasteiger partial charge in [0.1, 0.15) is 5.75 Å². The fourth-order valence-electron chi connectivity index (χ4n) is 1.29. The molecule has 0 radical (unpaired) electrons. The molecule has 0 spiro atoms. The van der Waals surface area contributed by atoms with Gasteiger partial charge in [-0.25, -0.2) is 0 Å². The van der Waals surface area contributed by atoms with Crippen LogP contribution in [-0.2, 0) is 0 Å². The lowest BCUT2D eigenvalue weighted by Gasteiger charge is -2.03. The summed E-state index contributed by atoms with van der Waals surface area (Å²) in [6.07, 6.45) is 4.53. The van der Waals surface area contributed by atoms with Crippen molar-refractivity contribution in [3.05, 3.63) is 40.5 Å². The molecule has 2 rings (SSSR count). The summed E-state index contributed by atoms with van der Waals surface area (Å²) in [7, 11) is 0. The van der Waals surface area contributed by atoms with Crippen LogP contribution < -0.4 is 0 Å². The van der Waals surface area contributed by atoms with Crippen LogP contribution >= 0.6 is 15.9 Å². The van der Waals surface area contributed by atoms with Crippen molar-refractivity contribution in [3.63, 3.8) is 0 Å². The molecule has 1 heterocycles. The average molecular weight is 238 g/mol. The Morgan fingerprint density at radius 1 is 1.38 bits per heavy atom. The third kappa shape index (κ3) is 1.65. The van der Waals surface area contributed by atoms with Crippen LogP contribution in [0.15, 0.2) is 39.9 Å². The van der Waals surface area contributed by atoms with E-state index in [0.717, 1.165) is 22.2 Å². The summed E-state index contributed by atoms with van der Waals surface area (Å²) in [5, 5.41) is 9.61. The first kappa shape index (κ1) is 8.51. The van der Waals surface area contributed by atoms with E-state index in [4.69, 9.17) is 0 Å². The molecule has 1 aromatic carbocycles.